The summed E-state index contributed by atoms with van der Waals surface area (Å²) in [6, 6.07) is 0. The average molecular weight is 291 g/mol. The fourth-order valence-corrected chi connectivity index (χ4v) is 3.19. The van der Waals surface area contributed by atoms with Gasteiger partial charge in [-0.2, -0.15) is 0 Å². The van der Waals surface area contributed by atoms with E-state index in [2.05, 4.69) is 32.7 Å². The molecule has 0 aromatic carbocycles. The molecule has 1 aliphatic rings. The van der Waals surface area contributed by atoms with Crippen LogP contribution in [0.2, 0.25) is 0 Å². The van der Waals surface area contributed by atoms with E-state index in [1.54, 1.807) is 18.4 Å². The van der Waals surface area contributed by atoms with Gasteiger partial charge in [0.05, 0.1) is 6.10 Å². The molecule has 2 heterocycles. The maximum Gasteiger partial charge on any atom is 0.186 e. The Bertz CT molecular complexity index is 331. The summed E-state index contributed by atoms with van der Waals surface area (Å²) in [4.78, 5) is 6.74. The molecule has 2 rings (SSSR count). The number of methoxy groups -OCH3 is 1. The molecule has 0 aliphatic carbocycles. The van der Waals surface area contributed by atoms with Crippen LogP contribution in [0.4, 0.5) is 5.13 Å². The van der Waals surface area contributed by atoms with Gasteiger partial charge in [0.25, 0.3) is 0 Å². The average Bonchev–Trinajstić information content (AvgIpc) is 2.66. The topological polar surface area (TPSA) is 25.4 Å². The van der Waals surface area contributed by atoms with Crippen LogP contribution in [0.1, 0.15) is 13.3 Å². The molecule has 0 spiro atoms. The zero-order valence-electron chi connectivity index (χ0n) is 8.94. The predicted octanol–water partition coefficient (Wildman–Crippen LogP) is 2.77. The number of nitrogens with zero attached hydrogens (tertiary/aromatic N) is 2. The summed E-state index contributed by atoms with van der Waals surface area (Å²) < 4.78 is 6.41. The van der Waals surface area contributed by atoms with E-state index in [0.29, 0.717) is 12.0 Å². The molecule has 1 saturated heterocycles. The van der Waals surface area contributed by atoms with Crippen LogP contribution in [-0.2, 0) is 4.74 Å². The number of thiazole rings is 1. The van der Waals surface area contributed by atoms with E-state index < -0.39 is 0 Å². The highest BCUT2D eigenvalue weighted by Crippen LogP contribution is 2.28. The van der Waals surface area contributed by atoms with E-state index in [-0.39, 0.29) is 0 Å². The molecule has 0 radical (unpaired) electrons. The minimum atomic E-state index is 0.335. The van der Waals surface area contributed by atoms with Crippen molar-refractivity contribution in [2.45, 2.75) is 19.4 Å². The van der Waals surface area contributed by atoms with Gasteiger partial charge in [-0.1, -0.05) is 6.92 Å². The number of rotatable bonds is 2. The lowest BCUT2D eigenvalue weighted by atomic mass is 9.96. The van der Waals surface area contributed by atoms with Crippen molar-refractivity contribution in [2.75, 3.05) is 25.1 Å². The van der Waals surface area contributed by atoms with Crippen LogP contribution < -0.4 is 4.90 Å². The Morgan fingerprint density at radius 3 is 3.07 bits per heavy atom. The van der Waals surface area contributed by atoms with Gasteiger partial charge in [0.1, 0.15) is 4.60 Å². The third kappa shape index (κ3) is 2.52. The molecule has 84 valence electrons. The molecule has 1 aliphatic heterocycles. The van der Waals surface area contributed by atoms with Crippen molar-refractivity contribution in [3.8, 4) is 0 Å². The van der Waals surface area contributed by atoms with Gasteiger partial charge in [-0.05, 0) is 28.3 Å². The number of aromatic nitrogens is 1. The zero-order valence-corrected chi connectivity index (χ0v) is 11.3. The number of hydrogen-bond acceptors (Lipinski definition) is 4. The Balaban J connectivity index is 2.06. The lowest BCUT2D eigenvalue weighted by Crippen LogP contribution is -2.43. The van der Waals surface area contributed by atoms with E-state index in [0.717, 1.165) is 22.8 Å². The Hall–Kier alpha value is -0.130. The van der Waals surface area contributed by atoms with Gasteiger partial charge in [0.15, 0.2) is 5.13 Å². The van der Waals surface area contributed by atoms with Gasteiger partial charge >= 0.3 is 0 Å². The molecule has 0 amide bonds. The van der Waals surface area contributed by atoms with E-state index >= 15 is 0 Å². The first-order valence-electron chi connectivity index (χ1n) is 5.09. The Morgan fingerprint density at radius 1 is 1.67 bits per heavy atom. The molecule has 5 heteroatoms. The summed E-state index contributed by atoms with van der Waals surface area (Å²) in [6.07, 6.45) is 1.51. The van der Waals surface area contributed by atoms with Gasteiger partial charge in [-0.25, -0.2) is 4.98 Å². The minimum Gasteiger partial charge on any atom is -0.379 e. The minimum absolute atomic E-state index is 0.335. The lowest BCUT2D eigenvalue weighted by molar-refractivity contribution is 0.0498. The van der Waals surface area contributed by atoms with Crippen LogP contribution in [0.3, 0.4) is 0 Å². The lowest BCUT2D eigenvalue weighted by Gasteiger charge is -2.35. The maximum absolute atomic E-state index is 5.49. The highest BCUT2D eigenvalue weighted by Gasteiger charge is 2.27. The summed E-state index contributed by atoms with van der Waals surface area (Å²) in [5, 5.41) is 3.12. The molecular weight excluding hydrogens is 276 g/mol. The molecule has 2 unspecified atom stereocenters. The number of anilines is 1. The fourth-order valence-electron chi connectivity index (χ4n) is 1.91. The highest BCUT2D eigenvalue weighted by atomic mass is 79.9. The summed E-state index contributed by atoms with van der Waals surface area (Å²) in [5.74, 6) is 0.648. The van der Waals surface area contributed by atoms with Gasteiger partial charge in [0.2, 0.25) is 0 Å². The normalized spacial score (nSPS) is 27.0. The van der Waals surface area contributed by atoms with Crippen molar-refractivity contribution in [3.63, 3.8) is 0 Å². The van der Waals surface area contributed by atoms with Crippen molar-refractivity contribution in [1.82, 2.24) is 4.98 Å². The first kappa shape index (κ1) is 11.4. The predicted molar refractivity (Wildman–Crippen MR) is 66.6 cm³/mol. The quantitative estimate of drug-likeness (QED) is 0.838. The number of halogens is 1. The molecule has 0 saturated carbocycles. The van der Waals surface area contributed by atoms with Crippen LogP contribution in [0.25, 0.3) is 0 Å². The van der Waals surface area contributed by atoms with Gasteiger partial charge in [-0.3, -0.25) is 0 Å². The van der Waals surface area contributed by atoms with E-state index in [9.17, 15) is 0 Å². The van der Waals surface area contributed by atoms with Crippen LogP contribution in [0.5, 0.6) is 0 Å². The van der Waals surface area contributed by atoms with E-state index in [4.69, 9.17) is 4.74 Å². The SMILES string of the molecule is COC1CN(c2nc(Br)cs2)CCC1C. The fraction of sp³-hybridized carbons (Fsp3) is 0.700. The van der Waals surface area contributed by atoms with Crippen molar-refractivity contribution in [3.05, 3.63) is 9.98 Å². The first-order valence-corrected chi connectivity index (χ1v) is 6.76. The number of hydrogen-bond donors (Lipinski definition) is 0. The highest BCUT2D eigenvalue weighted by molar-refractivity contribution is 9.10. The maximum atomic E-state index is 5.49. The number of piperidine rings is 1. The summed E-state index contributed by atoms with van der Waals surface area (Å²) in [5.41, 5.74) is 0. The Kier molecular flexibility index (Phi) is 3.64. The molecule has 0 bridgehead atoms. The summed E-state index contributed by atoms with van der Waals surface area (Å²) >= 11 is 5.07. The molecule has 15 heavy (non-hydrogen) atoms. The third-order valence-corrected chi connectivity index (χ3v) is 4.54. The Morgan fingerprint density at radius 2 is 2.47 bits per heavy atom. The standard InChI is InChI=1S/C10H15BrN2OS/c1-7-3-4-13(5-8(7)14-2)10-12-9(11)6-15-10/h6-8H,3-5H2,1-2H3. The van der Waals surface area contributed by atoms with Crippen LogP contribution in [-0.4, -0.2) is 31.3 Å². The van der Waals surface area contributed by atoms with E-state index in [1.165, 1.54) is 6.42 Å². The second-order valence-electron chi connectivity index (χ2n) is 3.94. The molecule has 0 N–H and O–H groups in total. The van der Waals surface area contributed by atoms with Gasteiger partial charge < -0.3 is 9.64 Å². The summed E-state index contributed by atoms with van der Waals surface area (Å²) in [6.45, 7) is 4.29. The number of ether oxygens (including phenoxy) is 1. The van der Waals surface area contributed by atoms with E-state index in [1.807, 2.05) is 5.38 Å². The molecule has 1 aromatic heterocycles. The van der Waals surface area contributed by atoms with Crippen molar-refractivity contribution in [1.29, 1.82) is 0 Å². The molecule has 3 nitrogen and oxygen atoms in total. The van der Waals surface area contributed by atoms with Crippen molar-refractivity contribution in [2.24, 2.45) is 5.92 Å². The van der Waals surface area contributed by atoms with Crippen molar-refractivity contribution < 1.29 is 4.74 Å². The van der Waals surface area contributed by atoms with Crippen molar-refractivity contribution >= 4 is 32.4 Å². The molecular formula is C10H15BrN2OS. The monoisotopic (exact) mass is 290 g/mol. The van der Waals surface area contributed by atoms with Gasteiger partial charge in [-0.15, -0.1) is 11.3 Å². The van der Waals surface area contributed by atoms with Crippen LogP contribution in [0.15, 0.2) is 9.98 Å². The second-order valence-corrected chi connectivity index (χ2v) is 5.59. The third-order valence-electron chi connectivity index (χ3n) is 2.93. The second kappa shape index (κ2) is 4.80. The molecule has 2 atom stereocenters. The Labute approximate surface area is 103 Å². The van der Waals surface area contributed by atoms with Crippen LogP contribution in [0, 0.1) is 5.92 Å². The smallest absolute Gasteiger partial charge is 0.186 e. The largest absolute Gasteiger partial charge is 0.379 e. The zero-order chi connectivity index (χ0) is 10.8. The van der Waals surface area contributed by atoms with Crippen LogP contribution >= 0.6 is 27.3 Å². The summed E-state index contributed by atoms with van der Waals surface area (Å²) in [7, 11) is 1.79. The first-order chi connectivity index (χ1) is 7.20. The van der Waals surface area contributed by atoms with Gasteiger partial charge in [0, 0.05) is 25.6 Å². The molecule has 1 aromatic rings. The molecule has 1 fully saturated rings.